The summed E-state index contributed by atoms with van der Waals surface area (Å²) in [6.45, 7) is 4.54. The van der Waals surface area contributed by atoms with Gasteiger partial charge in [-0.2, -0.15) is 0 Å². The van der Waals surface area contributed by atoms with Gasteiger partial charge < -0.3 is 10.2 Å². The van der Waals surface area contributed by atoms with Crippen molar-refractivity contribution in [2.75, 3.05) is 13.2 Å². The average Bonchev–Trinajstić information content (AvgIpc) is 2.15. The molecule has 0 aromatic heterocycles. The SMILES string of the molecule is C/C(=C\[14CH2]O)CC/C=C(\C)CCCO. The maximum atomic E-state index is 8.64. The fourth-order valence-corrected chi connectivity index (χ4v) is 1.26. The molecule has 82 valence electrons. The van der Waals surface area contributed by atoms with Crippen molar-refractivity contribution in [2.24, 2.45) is 0 Å². The molecule has 0 aliphatic rings. The van der Waals surface area contributed by atoms with Crippen LogP contribution in [0.4, 0.5) is 0 Å². The molecule has 0 aliphatic heterocycles. The largest absolute Gasteiger partial charge is 0.396 e. The third-order valence-electron chi connectivity index (χ3n) is 2.20. The second kappa shape index (κ2) is 8.97. The Morgan fingerprint density at radius 1 is 1.21 bits per heavy atom. The third kappa shape index (κ3) is 8.02. The van der Waals surface area contributed by atoms with Gasteiger partial charge in [0, 0.05) is 6.61 Å². The average molecular weight is 200 g/mol. The predicted molar refractivity (Wildman–Crippen MR) is 60.2 cm³/mol. The minimum absolute atomic E-state index is 0.138. The predicted octanol–water partition coefficient (Wildman–Crippen LogP) is 2.42. The van der Waals surface area contributed by atoms with E-state index in [4.69, 9.17) is 10.2 Å². The lowest BCUT2D eigenvalue weighted by atomic mass is 10.1. The zero-order valence-corrected chi connectivity index (χ0v) is 9.29. The first-order valence-electron chi connectivity index (χ1n) is 5.23. The fraction of sp³-hybridized carbons (Fsp3) is 0.667. The molecule has 2 nitrogen and oxygen atoms in total. The Morgan fingerprint density at radius 3 is 2.50 bits per heavy atom. The number of rotatable bonds is 7. The van der Waals surface area contributed by atoms with Gasteiger partial charge in [-0.15, -0.1) is 0 Å². The highest BCUT2D eigenvalue weighted by atomic mass is 16.5. The number of aliphatic hydroxyl groups is 2. The molecule has 0 heterocycles. The lowest BCUT2D eigenvalue weighted by Gasteiger charge is -2.00. The third-order valence-corrected chi connectivity index (χ3v) is 2.20. The van der Waals surface area contributed by atoms with Gasteiger partial charge in [-0.1, -0.05) is 23.3 Å². The second-order valence-electron chi connectivity index (χ2n) is 3.65. The van der Waals surface area contributed by atoms with Crippen molar-refractivity contribution in [2.45, 2.75) is 39.5 Å². The summed E-state index contributed by atoms with van der Waals surface area (Å²) < 4.78 is 0. The molecule has 0 saturated heterocycles. The minimum Gasteiger partial charge on any atom is -0.396 e. The van der Waals surface area contributed by atoms with Gasteiger partial charge in [-0.3, -0.25) is 0 Å². The minimum atomic E-state index is 0.138. The first-order valence-corrected chi connectivity index (χ1v) is 5.23. The van der Waals surface area contributed by atoms with E-state index in [-0.39, 0.29) is 13.2 Å². The van der Waals surface area contributed by atoms with Crippen LogP contribution in [-0.4, -0.2) is 23.4 Å². The summed E-state index contributed by atoms with van der Waals surface area (Å²) in [7, 11) is 0. The van der Waals surface area contributed by atoms with E-state index in [1.54, 1.807) is 0 Å². The smallest absolute Gasteiger partial charge is 0.0614 e. The Labute approximate surface area is 87.0 Å². The highest BCUT2D eigenvalue weighted by Crippen LogP contribution is 2.09. The number of hydrogen-bond donors (Lipinski definition) is 2. The molecular weight excluding hydrogens is 178 g/mol. The second-order valence-corrected chi connectivity index (χ2v) is 3.65. The molecule has 0 amide bonds. The molecule has 2 heteroatoms. The molecular formula is C12H22O2. The molecule has 0 radical (unpaired) electrons. The van der Waals surface area contributed by atoms with Gasteiger partial charge in [0.2, 0.25) is 0 Å². The van der Waals surface area contributed by atoms with E-state index >= 15 is 0 Å². The molecule has 0 rings (SSSR count). The zero-order chi connectivity index (χ0) is 10.8. The van der Waals surface area contributed by atoms with Crippen LogP contribution in [0, 0.1) is 0 Å². The highest BCUT2D eigenvalue weighted by molar-refractivity contribution is 5.03. The van der Waals surface area contributed by atoms with Crippen LogP contribution in [0.1, 0.15) is 39.5 Å². The van der Waals surface area contributed by atoms with E-state index in [1.807, 2.05) is 13.0 Å². The standard InChI is InChI=1S/C12H22O2/c1-11(7-4-9-13)5-3-6-12(2)8-10-14/h5,8,13-14H,3-4,6-7,9-10H2,1-2H3/b11-5+,12-8+/i10+2. The topological polar surface area (TPSA) is 40.5 Å². The summed E-state index contributed by atoms with van der Waals surface area (Å²) in [5, 5.41) is 17.3. The van der Waals surface area contributed by atoms with Gasteiger partial charge in [0.15, 0.2) is 0 Å². The molecule has 0 aliphatic carbocycles. The van der Waals surface area contributed by atoms with Crippen LogP contribution in [0.25, 0.3) is 0 Å². The molecule has 0 spiro atoms. The van der Waals surface area contributed by atoms with Crippen LogP contribution in [0.3, 0.4) is 0 Å². The quantitative estimate of drug-likeness (QED) is 0.620. The van der Waals surface area contributed by atoms with Crippen LogP contribution in [0.5, 0.6) is 0 Å². The van der Waals surface area contributed by atoms with E-state index in [0.717, 1.165) is 25.7 Å². The van der Waals surface area contributed by atoms with Gasteiger partial charge in [-0.05, 0) is 39.5 Å². The number of aliphatic hydroxyl groups excluding tert-OH is 2. The molecule has 14 heavy (non-hydrogen) atoms. The summed E-state index contributed by atoms with van der Waals surface area (Å²) >= 11 is 0. The Morgan fingerprint density at radius 2 is 1.93 bits per heavy atom. The Hall–Kier alpha value is -0.600. The van der Waals surface area contributed by atoms with Gasteiger partial charge in [0.05, 0.1) is 6.61 Å². The molecule has 0 fully saturated rings. The molecule has 2 N–H and O–H groups in total. The van der Waals surface area contributed by atoms with Crippen molar-refractivity contribution in [3.8, 4) is 0 Å². The summed E-state index contributed by atoms with van der Waals surface area (Å²) in [6.07, 6.45) is 7.94. The van der Waals surface area contributed by atoms with Crippen molar-refractivity contribution >= 4 is 0 Å². The van der Waals surface area contributed by atoms with Crippen molar-refractivity contribution in [1.82, 2.24) is 0 Å². The molecule has 0 unspecified atom stereocenters. The fourth-order valence-electron chi connectivity index (χ4n) is 1.26. The summed E-state index contributed by atoms with van der Waals surface area (Å²) in [6, 6.07) is 0. The monoisotopic (exact) mass is 200 g/mol. The Bertz CT molecular complexity index is 192. The first kappa shape index (κ1) is 13.4. The van der Waals surface area contributed by atoms with Gasteiger partial charge in [0.25, 0.3) is 0 Å². The molecule has 0 atom stereocenters. The molecule has 0 saturated carbocycles. The maximum absolute atomic E-state index is 8.64. The first-order chi connectivity index (χ1) is 6.70. The molecule has 0 aromatic carbocycles. The Kier molecular flexibility index (Phi) is 8.59. The Balaban J connectivity index is 3.64. The van der Waals surface area contributed by atoms with E-state index in [0.29, 0.717) is 0 Å². The van der Waals surface area contributed by atoms with E-state index in [2.05, 4.69) is 13.0 Å². The van der Waals surface area contributed by atoms with E-state index < -0.39 is 0 Å². The van der Waals surface area contributed by atoms with Crippen LogP contribution < -0.4 is 0 Å². The van der Waals surface area contributed by atoms with Crippen molar-refractivity contribution in [1.29, 1.82) is 0 Å². The van der Waals surface area contributed by atoms with Gasteiger partial charge >= 0.3 is 0 Å². The highest BCUT2D eigenvalue weighted by Gasteiger charge is 1.91. The maximum Gasteiger partial charge on any atom is 0.0614 e. The number of hydrogen-bond acceptors (Lipinski definition) is 2. The summed E-state index contributed by atoms with van der Waals surface area (Å²) in [5.74, 6) is 0. The normalized spacial score (nSPS) is 13.4. The summed E-state index contributed by atoms with van der Waals surface area (Å²) in [5.41, 5.74) is 2.58. The van der Waals surface area contributed by atoms with Crippen molar-refractivity contribution in [3.05, 3.63) is 23.3 Å². The lowest BCUT2D eigenvalue weighted by Crippen LogP contribution is -1.85. The molecule has 0 bridgehead atoms. The van der Waals surface area contributed by atoms with E-state index in [9.17, 15) is 0 Å². The van der Waals surface area contributed by atoms with Crippen LogP contribution >= 0.6 is 0 Å². The zero-order valence-electron chi connectivity index (χ0n) is 9.29. The summed E-state index contributed by atoms with van der Waals surface area (Å²) in [4.78, 5) is 0. The number of allylic oxidation sites excluding steroid dienone is 3. The van der Waals surface area contributed by atoms with Crippen LogP contribution in [0.2, 0.25) is 0 Å². The van der Waals surface area contributed by atoms with Gasteiger partial charge in [0.1, 0.15) is 0 Å². The van der Waals surface area contributed by atoms with Crippen molar-refractivity contribution in [3.63, 3.8) is 0 Å². The van der Waals surface area contributed by atoms with Crippen LogP contribution in [-0.2, 0) is 0 Å². The van der Waals surface area contributed by atoms with E-state index in [1.165, 1.54) is 11.1 Å². The van der Waals surface area contributed by atoms with Crippen molar-refractivity contribution < 1.29 is 10.2 Å². The van der Waals surface area contributed by atoms with Gasteiger partial charge in [-0.25, -0.2) is 0 Å². The molecule has 0 aromatic rings. The lowest BCUT2D eigenvalue weighted by molar-refractivity contribution is 0.288. The van der Waals surface area contributed by atoms with Crippen LogP contribution in [0.15, 0.2) is 23.3 Å².